The average Bonchev–Trinajstić information content (AvgIpc) is 2.65. The van der Waals surface area contributed by atoms with E-state index in [4.69, 9.17) is 16.3 Å². The minimum atomic E-state index is -3.29. The lowest BCUT2D eigenvalue weighted by Gasteiger charge is -2.35. The molecule has 0 spiro atoms. The van der Waals surface area contributed by atoms with Crippen LogP contribution in [-0.2, 0) is 14.8 Å². The van der Waals surface area contributed by atoms with Crippen molar-refractivity contribution in [3.05, 3.63) is 34.9 Å². The predicted molar refractivity (Wildman–Crippen MR) is 100 cm³/mol. The Bertz CT molecular complexity index is 656. The summed E-state index contributed by atoms with van der Waals surface area (Å²) in [5.41, 5.74) is 0.970. The molecule has 0 bridgehead atoms. The molecule has 7 heteroatoms. The third-order valence-corrected chi connectivity index (χ3v) is 7.48. The van der Waals surface area contributed by atoms with Crippen LogP contribution in [0.3, 0.4) is 0 Å². The van der Waals surface area contributed by atoms with Crippen LogP contribution >= 0.6 is 11.6 Å². The first-order valence-electron chi connectivity index (χ1n) is 9.12. The number of morpholine rings is 1. The molecule has 25 heavy (non-hydrogen) atoms. The van der Waals surface area contributed by atoms with Crippen LogP contribution in [0.5, 0.6) is 0 Å². The Kier molecular flexibility index (Phi) is 6.74. The number of sulfonamides is 1. The fraction of sp³-hybridized carbons (Fsp3) is 0.667. The van der Waals surface area contributed by atoms with Crippen molar-refractivity contribution in [2.24, 2.45) is 0 Å². The molecule has 2 aliphatic rings. The zero-order valence-corrected chi connectivity index (χ0v) is 16.1. The van der Waals surface area contributed by atoms with Gasteiger partial charge in [0.25, 0.3) is 0 Å². The Morgan fingerprint density at radius 1 is 1.16 bits per heavy atom. The van der Waals surface area contributed by atoms with Gasteiger partial charge in [0.05, 0.1) is 18.5 Å². The Morgan fingerprint density at radius 3 is 2.52 bits per heavy atom. The number of nitrogens with one attached hydrogen (secondary N) is 1. The van der Waals surface area contributed by atoms with Crippen molar-refractivity contribution >= 4 is 21.6 Å². The van der Waals surface area contributed by atoms with Crippen LogP contribution in [0.25, 0.3) is 0 Å². The van der Waals surface area contributed by atoms with Crippen LogP contribution < -0.4 is 4.72 Å². The summed E-state index contributed by atoms with van der Waals surface area (Å²) in [4.78, 5) is 2.26. The maximum absolute atomic E-state index is 12.7. The van der Waals surface area contributed by atoms with Crippen LogP contribution in [0.1, 0.15) is 43.7 Å². The summed E-state index contributed by atoms with van der Waals surface area (Å²) in [6, 6.07) is 7.62. The maximum atomic E-state index is 12.7. The second kappa shape index (κ2) is 8.82. The van der Waals surface area contributed by atoms with Gasteiger partial charge in [0.2, 0.25) is 10.0 Å². The van der Waals surface area contributed by atoms with Crippen LogP contribution in [0.15, 0.2) is 24.3 Å². The number of hydrogen-bond donors (Lipinski definition) is 1. The summed E-state index contributed by atoms with van der Waals surface area (Å²) in [6.07, 6.45) is 4.68. The Morgan fingerprint density at radius 2 is 1.84 bits per heavy atom. The molecule has 1 N–H and O–H groups in total. The number of nitrogens with zero attached hydrogens (tertiary/aromatic N) is 1. The maximum Gasteiger partial charge on any atom is 0.214 e. The third-order valence-electron chi connectivity index (χ3n) is 5.22. The largest absolute Gasteiger partial charge is 0.379 e. The Balaban J connectivity index is 1.74. The second-order valence-electron chi connectivity index (χ2n) is 6.84. The van der Waals surface area contributed by atoms with Crippen LogP contribution in [0.4, 0.5) is 0 Å². The Labute approximate surface area is 155 Å². The number of benzene rings is 1. The van der Waals surface area contributed by atoms with E-state index in [1.54, 1.807) is 0 Å². The van der Waals surface area contributed by atoms with E-state index in [0.717, 1.165) is 50.8 Å². The smallest absolute Gasteiger partial charge is 0.214 e. The lowest BCUT2D eigenvalue weighted by Crippen LogP contribution is -2.45. The molecule has 0 radical (unpaired) electrons. The summed E-state index contributed by atoms with van der Waals surface area (Å²) in [5.74, 6) is 0. The zero-order valence-electron chi connectivity index (χ0n) is 14.5. The first-order valence-corrected chi connectivity index (χ1v) is 11.0. The molecule has 2 fully saturated rings. The molecule has 1 heterocycles. The Hall–Kier alpha value is -0.660. The van der Waals surface area contributed by atoms with Gasteiger partial charge >= 0.3 is 0 Å². The van der Waals surface area contributed by atoms with Gasteiger partial charge in [-0.25, -0.2) is 13.1 Å². The van der Waals surface area contributed by atoms with Gasteiger partial charge in [0.15, 0.2) is 0 Å². The number of hydrogen-bond acceptors (Lipinski definition) is 4. The van der Waals surface area contributed by atoms with E-state index in [2.05, 4.69) is 9.62 Å². The van der Waals surface area contributed by atoms with Crippen LogP contribution in [0, 0.1) is 0 Å². The van der Waals surface area contributed by atoms with Gasteiger partial charge in [-0.2, -0.15) is 0 Å². The van der Waals surface area contributed by atoms with Gasteiger partial charge in [-0.3, -0.25) is 4.90 Å². The average molecular weight is 387 g/mol. The van der Waals surface area contributed by atoms with E-state index >= 15 is 0 Å². The minimum absolute atomic E-state index is 0.0732. The van der Waals surface area contributed by atoms with E-state index in [0.29, 0.717) is 24.8 Å². The highest BCUT2D eigenvalue weighted by Crippen LogP contribution is 2.29. The van der Waals surface area contributed by atoms with Gasteiger partial charge in [-0.1, -0.05) is 49.1 Å². The fourth-order valence-electron chi connectivity index (χ4n) is 3.76. The lowest BCUT2D eigenvalue weighted by atomic mass is 10.0. The molecule has 1 aromatic carbocycles. The van der Waals surface area contributed by atoms with Crippen LogP contribution in [0.2, 0.25) is 5.02 Å². The van der Waals surface area contributed by atoms with Crippen molar-refractivity contribution in [1.29, 1.82) is 0 Å². The highest BCUT2D eigenvalue weighted by atomic mass is 35.5. The molecule has 1 aliphatic carbocycles. The summed E-state index contributed by atoms with van der Waals surface area (Å²) in [5, 5.41) is 0.425. The lowest BCUT2D eigenvalue weighted by molar-refractivity contribution is 0.0172. The van der Waals surface area contributed by atoms with E-state index in [-0.39, 0.29) is 11.3 Å². The molecule has 1 saturated carbocycles. The highest BCUT2D eigenvalue weighted by molar-refractivity contribution is 7.90. The van der Waals surface area contributed by atoms with Crippen LogP contribution in [-0.4, -0.2) is 51.4 Å². The molecule has 1 atom stereocenters. The third kappa shape index (κ3) is 4.95. The molecular formula is C18H27ClN2O3S. The van der Waals surface area contributed by atoms with Gasteiger partial charge in [-0.05, 0) is 24.5 Å². The second-order valence-corrected chi connectivity index (χ2v) is 9.29. The first kappa shape index (κ1) is 19.1. The highest BCUT2D eigenvalue weighted by Gasteiger charge is 2.30. The summed E-state index contributed by atoms with van der Waals surface area (Å²) in [7, 11) is -3.29. The number of rotatable bonds is 6. The predicted octanol–water partition coefficient (Wildman–Crippen LogP) is 2.97. The normalized spacial score (nSPS) is 22.0. The minimum Gasteiger partial charge on any atom is -0.379 e. The standard InChI is InChI=1S/C18H27ClN2O3S/c19-17-9-5-4-8-16(17)18(21-10-12-24-13-11-21)14-20-25(22,23)15-6-2-1-3-7-15/h4-5,8-9,15,18,20H,1-3,6-7,10-14H2/t18-/m0/s1. The number of ether oxygens (including phenoxy) is 1. The first-order chi connectivity index (χ1) is 12.1. The molecule has 140 valence electrons. The number of halogens is 1. The van der Waals surface area contributed by atoms with Crippen molar-refractivity contribution in [2.45, 2.75) is 43.4 Å². The monoisotopic (exact) mass is 386 g/mol. The molecule has 0 unspecified atom stereocenters. The SMILES string of the molecule is O=S(=O)(NC[C@@H](c1ccccc1Cl)N1CCOCC1)C1CCCCC1. The fourth-order valence-corrected chi connectivity index (χ4v) is 5.60. The van der Waals surface area contributed by atoms with Gasteiger partial charge in [0.1, 0.15) is 0 Å². The molecule has 1 saturated heterocycles. The van der Waals surface area contributed by atoms with E-state index in [1.807, 2.05) is 24.3 Å². The molecule has 1 aliphatic heterocycles. The topological polar surface area (TPSA) is 58.6 Å². The summed E-state index contributed by atoms with van der Waals surface area (Å²) >= 11 is 6.40. The van der Waals surface area contributed by atoms with Crippen molar-refractivity contribution in [3.8, 4) is 0 Å². The van der Waals surface area contributed by atoms with E-state index in [9.17, 15) is 8.42 Å². The van der Waals surface area contributed by atoms with Crippen molar-refractivity contribution in [3.63, 3.8) is 0 Å². The summed E-state index contributed by atoms with van der Waals surface area (Å²) in [6.45, 7) is 3.23. The molecule has 0 aromatic heterocycles. The molecule has 3 rings (SSSR count). The van der Waals surface area contributed by atoms with Gasteiger partial charge in [-0.15, -0.1) is 0 Å². The molecule has 5 nitrogen and oxygen atoms in total. The van der Waals surface area contributed by atoms with Crippen molar-refractivity contribution in [1.82, 2.24) is 9.62 Å². The van der Waals surface area contributed by atoms with Gasteiger partial charge < -0.3 is 4.74 Å². The molecule has 1 aromatic rings. The molecular weight excluding hydrogens is 360 g/mol. The summed E-state index contributed by atoms with van der Waals surface area (Å²) < 4.78 is 33.7. The van der Waals surface area contributed by atoms with Crippen molar-refractivity contribution < 1.29 is 13.2 Å². The van der Waals surface area contributed by atoms with E-state index in [1.165, 1.54) is 0 Å². The zero-order chi connectivity index (χ0) is 17.7. The van der Waals surface area contributed by atoms with Crippen molar-refractivity contribution in [2.75, 3.05) is 32.8 Å². The molecule has 0 amide bonds. The van der Waals surface area contributed by atoms with Gasteiger partial charge in [0, 0.05) is 30.7 Å². The van der Waals surface area contributed by atoms with E-state index < -0.39 is 10.0 Å². The quantitative estimate of drug-likeness (QED) is 0.816.